The van der Waals surface area contributed by atoms with E-state index in [2.05, 4.69) is 15.3 Å². The Morgan fingerprint density at radius 3 is 2.65 bits per heavy atom. The number of carbonyl (C=O) groups is 2. The van der Waals surface area contributed by atoms with Gasteiger partial charge in [0.05, 0.1) is 0 Å². The number of hydrogen-bond donors (Lipinski definition) is 1. The van der Waals surface area contributed by atoms with E-state index in [1.165, 1.54) is 6.92 Å². The highest BCUT2D eigenvalue weighted by Gasteiger charge is 2.24. The first-order valence-electron chi connectivity index (χ1n) is 6.92. The van der Waals surface area contributed by atoms with E-state index in [1.54, 1.807) is 48.8 Å². The first-order valence-corrected chi connectivity index (χ1v) is 6.92. The Kier molecular flexibility index (Phi) is 3.97. The molecule has 23 heavy (non-hydrogen) atoms. The molecule has 2 heterocycles. The molecule has 1 aliphatic rings. The van der Waals surface area contributed by atoms with E-state index >= 15 is 0 Å². The molecular weight excluding hydrogens is 294 g/mol. The zero-order valence-electron chi connectivity index (χ0n) is 12.3. The average molecular weight is 307 g/mol. The third-order valence-corrected chi connectivity index (χ3v) is 3.06. The van der Waals surface area contributed by atoms with Gasteiger partial charge in [-0.25, -0.2) is 9.79 Å². The lowest BCUT2D eigenvalue weighted by Gasteiger charge is -2.03. The fourth-order valence-electron chi connectivity index (χ4n) is 2.05. The molecular formula is C17H13N3O3. The number of hydrogen-bond acceptors (Lipinski definition) is 5. The van der Waals surface area contributed by atoms with Gasteiger partial charge in [0.15, 0.2) is 5.70 Å². The first kappa shape index (κ1) is 14.6. The minimum atomic E-state index is -0.505. The molecule has 0 atom stereocenters. The van der Waals surface area contributed by atoms with Gasteiger partial charge in [0.2, 0.25) is 11.8 Å². The molecule has 6 heteroatoms. The number of pyridine rings is 1. The molecule has 3 rings (SSSR count). The van der Waals surface area contributed by atoms with Crippen molar-refractivity contribution in [3.8, 4) is 0 Å². The number of aromatic nitrogens is 1. The molecule has 0 saturated carbocycles. The van der Waals surface area contributed by atoms with Gasteiger partial charge in [-0.3, -0.25) is 9.78 Å². The van der Waals surface area contributed by atoms with Gasteiger partial charge in [-0.2, -0.15) is 0 Å². The quantitative estimate of drug-likeness (QED) is 0.697. The molecule has 0 aliphatic carbocycles. The number of esters is 1. The molecule has 1 amide bonds. The summed E-state index contributed by atoms with van der Waals surface area (Å²) in [5, 5.41) is 2.67. The third kappa shape index (κ3) is 3.49. The largest absolute Gasteiger partial charge is 0.402 e. The molecule has 0 fully saturated rings. The van der Waals surface area contributed by atoms with Crippen molar-refractivity contribution in [2.24, 2.45) is 4.99 Å². The van der Waals surface area contributed by atoms with Gasteiger partial charge in [0.1, 0.15) is 0 Å². The Morgan fingerprint density at radius 1 is 1.22 bits per heavy atom. The van der Waals surface area contributed by atoms with Crippen LogP contribution >= 0.6 is 0 Å². The van der Waals surface area contributed by atoms with E-state index in [-0.39, 0.29) is 17.5 Å². The molecule has 1 N–H and O–H groups in total. The molecule has 6 nitrogen and oxygen atoms in total. The lowest BCUT2D eigenvalue weighted by molar-refractivity contribution is -0.129. The maximum Gasteiger partial charge on any atom is 0.363 e. The van der Waals surface area contributed by atoms with Crippen LogP contribution in [-0.2, 0) is 14.3 Å². The molecule has 1 aromatic heterocycles. The van der Waals surface area contributed by atoms with Crippen LogP contribution in [0, 0.1) is 0 Å². The highest BCUT2D eigenvalue weighted by Crippen LogP contribution is 2.20. The number of ether oxygens (including phenoxy) is 1. The van der Waals surface area contributed by atoms with Crippen LogP contribution < -0.4 is 5.32 Å². The van der Waals surface area contributed by atoms with Gasteiger partial charge in [0.25, 0.3) is 0 Å². The van der Waals surface area contributed by atoms with Gasteiger partial charge in [-0.1, -0.05) is 6.07 Å². The van der Waals surface area contributed by atoms with E-state index in [9.17, 15) is 9.59 Å². The zero-order chi connectivity index (χ0) is 16.2. The SMILES string of the molecule is CC(=O)Nc1ccc(C2=N/C(=C\c3cccnc3)C(=O)O2)cc1. The van der Waals surface area contributed by atoms with Crippen molar-refractivity contribution in [2.45, 2.75) is 6.92 Å². The Hall–Kier alpha value is -3.28. The van der Waals surface area contributed by atoms with Crippen molar-refractivity contribution < 1.29 is 14.3 Å². The number of benzene rings is 1. The van der Waals surface area contributed by atoms with Crippen LogP contribution in [0.1, 0.15) is 18.1 Å². The van der Waals surface area contributed by atoms with Crippen molar-refractivity contribution in [2.75, 3.05) is 5.32 Å². The van der Waals surface area contributed by atoms with Crippen molar-refractivity contribution >= 4 is 29.5 Å². The normalized spacial score (nSPS) is 15.3. The number of rotatable bonds is 3. The van der Waals surface area contributed by atoms with Crippen LogP contribution in [0.5, 0.6) is 0 Å². The molecule has 0 bridgehead atoms. The summed E-state index contributed by atoms with van der Waals surface area (Å²) >= 11 is 0. The fourth-order valence-corrected chi connectivity index (χ4v) is 2.05. The smallest absolute Gasteiger partial charge is 0.363 e. The van der Waals surface area contributed by atoms with Gasteiger partial charge in [0, 0.05) is 30.6 Å². The second-order valence-corrected chi connectivity index (χ2v) is 4.88. The molecule has 1 aliphatic heterocycles. The van der Waals surface area contributed by atoms with Crippen molar-refractivity contribution in [1.82, 2.24) is 4.98 Å². The topological polar surface area (TPSA) is 80.7 Å². The number of nitrogens with zero attached hydrogens (tertiary/aromatic N) is 2. The number of aliphatic imine (C=N–C) groups is 1. The maximum atomic E-state index is 11.9. The minimum Gasteiger partial charge on any atom is -0.402 e. The van der Waals surface area contributed by atoms with E-state index in [1.807, 2.05) is 6.07 Å². The van der Waals surface area contributed by atoms with E-state index in [4.69, 9.17) is 4.74 Å². The summed E-state index contributed by atoms with van der Waals surface area (Å²) in [4.78, 5) is 31.1. The van der Waals surface area contributed by atoms with Crippen LogP contribution in [0.4, 0.5) is 5.69 Å². The van der Waals surface area contributed by atoms with Crippen LogP contribution in [-0.4, -0.2) is 22.8 Å². The lowest BCUT2D eigenvalue weighted by Crippen LogP contribution is -2.07. The van der Waals surface area contributed by atoms with Crippen LogP contribution in [0.25, 0.3) is 6.08 Å². The van der Waals surface area contributed by atoms with Crippen LogP contribution in [0.2, 0.25) is 0 Å². The molecule has 114 valence electrons. The highest BCUT2D eigenvalue weighted by molar-refractivity contribution is 6.13. The van der Waals surface area contributed by atoms with Crippen molar-refractivity contribution in [3.63, 3.8) is 0 Å². The van der Waals surface area contributed by atoms with E-state index in [0.717, 1.165) is 5.56 Å². The fraction of sp³-hybridized carbons (Fsp3) is 0.0588. The number of cyclic esters (lactones) is 1. The van der Waals surface area contributed by atoms with Crippen LogP contribution in [0.15, 0.2) is 59.5 Å². The molecule has 0 radical (unpaired) electrons. The molecule has 2 aromatic rings. The molecule has 0 spiro atoms. The highest BCUT2D eigenvalue weighted by atomic mass is 16.6. The van der Waals surface area contributed by atoms with Crippen molar-refractivity contribution in [3.05, 3.63) is 65.6 Å². The summed E-state index contributed by atoms with van der Waals surface area (Å²) in [6, 6.07) is 10.5. The molecule has 0 unspecified atom stereocenters. The summed E-state index contributed by atoms with van der Waals surface area (Å²) in [7, 11) is 0. The summed E-state index contributed by atoms with van der Waals surface area (Å²) in [5.41, 5.74) is 2.31. The lowest BCUT2D eigenvalue weighted by atomic mass is 10.2. The predicted molar refractivity (Wildman–Crippen MR) is 85.6 cm³/mol. The zero-order valence-corrected chi connectivity index (χ0v) is 12.3. The van der Waals surface area contributed by atoms with E-state index < -0.39 is 5.97 Å². The summed E-state index contributed by atoms with van der Waals surface area (Å²) in [6.07, 6.45) is 4.91. The van der Waals surface area contributed by atoms with E-state index in [0.29, 0.717) is 11.3 Å². The van der Waals surface area contributed by atoms with Crippen LogP contribution in [0.3, 0.4) is 0 Å². The Morgan fingerprint density at radius 2 is 2.00 bits per heavy atom. The van der Waals surface area contributed by atoms with Gasteiger partial charge >= 0.3 is 5.97 Å². The van der Waals surface area contributed by atoms with Crippen molar-refractivity contribution in [1.29, 1.82) is 0 Å². The average Bonchev–Trinajstić information content (AvgIpc) is 2.89. The molecule has 0 saturated heterocycles. The summed E-state index contributed by atoms with van der Waals surface area (Å²) < 4.78 is 5.19. The second-order valence-electron chi connectivity index (χ2n) is 4.88. The Balaban J connectivity index is 1.84. The maximum absolute atomic E-state index is 11.9. The number of nitrogens with one attached hydrogen (secondary N) is 1. The minimum absolute atomic E-state index is 0.149. The first-order chi connectivity index (χ1) is 11.1. The third-order valence-electron chi connectivity index (χ3n) is 3.06. The summed E-state index contributed by atoms with van der Waals surface area (Å²) in [5.74, 6) is -0.418. The monoisotopic (exact) mass is 307 g/mol. The standard InChI is InChI=1S/C17H13N3O3/c1-11(21)19-14-6-4-13(5-7-14)16-20-15(17(22)23-16)9-12-3-2-8-18-10-12/h2-10H,1H3,(H,19,21)/b15-9-. The van der Waals surface area contributed by atoms with Gasteiger partial charge in [-0.15, -0.1) is 0 Å². The van der Waals surface area contributed by atoms with Gasteiger partial charge in [-0.05, 0) is 42.0 Å². The van der Waals surface area contributed by atoms with Gasteiger partial charge < -0.3 is 10.1 Å². The summed E-state index contributed by atoms with van der Waals surface area (Å²) in [6.45, 7) is 1.44. The Labute approximate surface area is 132 Å². The predicted octanol–water partition coefficient (Wildman–Crippen LogP) is 2.38. The number of amides is 1. The second kappa shape index (κ2) is 6.23. The number of anilines is 1. The number of carbonyl (C=O) groups excluding carboxylic acids is 2. The Bertz CT molecular complexity index is 809. The molecule has 1 aromatic carbocycles.